The van der Waals surface area contributed by atoms with Gasteiger partial charge in [-0.1, -0.05) is 6.92 Å². The van der Waals surface area contributed by atoms with Gasteiger partial charge in [-0.15, -0.1) is 11.3 Å². The Morgan fingerprint density at radius 1 is 1.53 bits per heavy atom. The number of hydrogen-bond donors (Lipinski definition) is 1. The van der Waals surface area contributed by atoms with E-state index in [4.69, 9.17) is 5.73 Å². The molecule has 0 aliphatic carbocycles. The number of rotatable bonds is 6. The van der Waals surface area contributed by atoms with Gasteiger partial charge < -0.3 is 10.6 Å². The molecule has 1 aromatic heterocycles. The van der Waals surface area contributed by atoms with Gasteiger partial charge in [0.05, 0.1) is 10.7 Å². The number of hydrogen-bond acceptors (Lipinski definition) is 4. The molecule has 1 aromatic rings. The van der Waals surface area contributed by atoms with E-state index in [1.807, 2.05) is 0 Å². The van der Waals surface area contributed by atoms with Gasteiger partial charge in [0.25, 0.3) is 0 Å². The third-order valence-corrected chi connectivity index (χ3v) is 3.33. The van der Waals surface area contributed by atoms with E-state index >= 15 is 0 Å². The van der Waals surface area contributed by atoms with Crippen LogP contribution in [0.1, 0.15) is 24.0 Å². The third kappa shape index (κ3) is 4.73. The fourth-order valence-corrected chi connectivity index (χ4v) is 2.09. The fourth-order valence-electron chi connectivity index (χ4n) is 1.29. The van der Waals surface area contributed by atoms with Crippen LogP contribution in [0.15, 0.2) is 5.38 Å². The van der Waals surface area contributed by atoms with Crippen molar-refractivity contribution in [1.29, 1.82) is 0 Å². The molecule has 1 rings (SSSR count). The summed E-state index contributed by atoms with van der Waals surface area (Å²) in [7, 11) is 4.17. The molecule has 0 saturated heterocycles. The maximum absolute atomic E-state index is 5.89. The Hall–Kier alpha value is -0.450. The van der Waals surface area contributed by atoms with Crippen molar-refractivity contribution in [2.24, 2.45) is 5.73 Å². The third-order valence-electron chi connectivity index (χ3n) is 2.37. The van der Waals surface area contributed by atoms with Crippen LogP contribution >= 0.6 is 11.3 Å². The summed E-state index contributed by atoms with van der Waals surface area (Å²) in [5, 5.41) is 3.36. The Bertz CT molecular complexity index is 283. The summed E-state index contributed by atoms with van der Waals surface area (Å²) in [6.45, 7) is 3.18. The zero-order valence-corrected chi connectivity index (χ0v) is 10.7. The highest BCUT2D eigenvalue weighted by Gasteiger charge is 2.06. The number of likely N-dealkylation sites (N-methyl/N-ethyl adjacent to an activating group) is 1. The lowest BCUT2D eigenvalue weighted by Crippen LogP contribution is -2.21. The summed E-state index contributed by atoms with van der Waals surface area (Å²) in [6, 6.07) is 0.258. The van der Waals surface area contributed by atoms with Crippen LogP contribution in [-0.2, 0) is 12.8 Å². The highest BCUT2D eigenvalue weighted by Crippen LogP contribution is 2.12. The van der Waals surface area contributed by atoms with Crippen LogP contribution in [-0.4, -0.2) is 36.6 Å². The molecule has 0 fully saturated rings. The maximum Gasteiger partial charge on any atom is 0.0941 e. The molecule has 0 aliphatic rings. The van der Waals surface area contributed by atoms with Gasteiger partial charge in [-0.3, -0.25) is 0 Å². The van der Waals surface area contributed by atoms with Gasteiger partial charge in [-0.05, 0) is 20.5 Å². The Morgan fingerprint density at radius 2 is 2.27 bits per heavy atom. The number of aromatic nitrogens is 1. The second kappa shape index (κ2) is 6.20. The Morgan fingerprint density at radius 3 is 2.87 bits per heavy atom. The van der Waals surface area contributed by atoms with E-state index in [9.17, 15) is 0 Å². The van der Waals surface area contributed by atoms with Gasteiger partial charge in [-0.2, -0.15) is 0 Å². The predicted molar refractivity (Wildman–Crippen MR) is 66.3 cm³/mol. The molecule has 2 N–H and O–H groups in total. The van der Waals surface area contributed by atoms with Gasteiger partial charge in [0.1, 0.15) is 0 Å². The van der Waals surface area contributed by atoms with Gasteiger partial charge in [0.15, 0.2) is 0 Å². The summed E-state index contributed by atoms with van der Waals surface area (Å²) in [5.74, 6) is 0. The summed E-state index contributed by atoms with van der Waals surface area (Å²) in [5.41, 5.74) is 7.05. The molecule has 86 valence electrons. The van der Waals surface area contributed by atoms with E-state index in [0.717, 1.165) is 31.5 Å². The molecule has 3 nitrogen and oxygen atoms in total. The van der Waals surface area contributed by atoms with E-state index in [-0.39, 0.29) is 6.04 Å². The summed E-state index contributed by atoms with van der Waals surface area (Å²) < 4.78 is 0. The Labute approximate surface area is 96.3 Å². The first kappa shape index (κ1) is 12.6. The van der Waals surface area contributed by atoms with Crippen LogP contribution in [0.4, 0.5) is 0 Å². The summed E-state index contributed by atoms with van der Waals surface area (Å²) >= 11 is 1.75. The van der Waals surface area contributed by atoms with Gasteiger partial charge in [0.2, 0.25) is 0 Å². The minimum absolute atomic E-state index is 0.258. The van der Waals surface area contributed by atoms with Crippen molar-refractivity contribution >= 4 is 11.3 Å². The lowest BCUT2D eigenvalue weighted by molar-refractivity contribution is 0.413. The lowest BCUT2D eigenvalue weighted by atomic mass is 10.1. The van der Waals surface area contributed by atoms with E-state index < -0.39 is 0 Å². The first-order valence-electron chi connectivity index (χ1n) is 5.45. The van der Waals surface area contributed by atoms with Crippen LogP contribution in [0.2, 0.25) is 0 Å². The second-order valence-corrected chi connectivity index (χ2v) is 5.10. The van der Waals surface area contributed by atoms with Crippen molar-refractivity contribution < 1.29 is 0 Å². The van der Waals surface area contributed by atoms with Gasteiger partial charge >= 0.3 is 0 Å². The quantitative estimate of drug-likeness (QED) is 0.801. The average molecular weight is 227 g/mol. The van der Waals surface area contributed by atoms with Crippen molar-refractivity contribution in [2.45, 2.75) is 32.2 Å². The summed E-state index contributed by atoms with van der Waals surface area (Å²) in [4.78, 5) is 6.76. The van der Waals surface area contributed by atoms with Crippen molar-refractivity contribution in [3.8, 4) is 0 Å². The van der Waals surface area contributed by atoms with E-state index in [1.54, 1.807) is 11.3 Å². The molecule has 1 unspecified atom stereocenters. The molecular formula is C11H21N3S. The van der Waals surface area contributed by atoms with Crippen molar-refractivity contribution in [3.05, 3.63) is 16.1 Å². The molecule has 1 atom stereocenters. The van der Waals surface area contributed by atoms with Crippen molar-refractivity contribution in [1.82, 2.24) is 9.88 Å². The number of nitrogens with zero attached hydrogens (tertiary/aromatic N) is 2. The van der Waals surface area contributed by atoms with E-state index in [1.165, 1.54) is 5.01 Å². The molecular weight excluding hydrogens is 206 g/mol. The second-order valence-electron chi connectivity index (χ2n) is 4.16. The Balaban J connectivity index is 2.42. The standard InChI is InChI=1S/C11H21N3S/c1-4-9(12)7-10-8-15-11(13-10)5-6-14(2)3/h8-9H,4-7,12H2,1-3H3. The smallest absolute Gasteiger partial charge is 0.0941 e. The summed E-state index contributed by atoms with van der Waals surface area (Å²) in [6.07, 6.45) is 2.97. The largest absolute Gasteiger partial charge is 0.327 e. The first-order chi connectivity index (χ1) is 7.11. The van der Waals surface area contributed by atoms with Crippen LogP contribution in [0.5, 0.6) is 0 Å². The van der Waals surface area contributed by atoms with Gasteiger partial charge in [0, 0.05) is 30.8 Å². The maximum atomic E-state index is 5.89. The number of nitrogens with two attached hydrogens (primary N) is 1. The molecule has 0 radical (unpaired) electrons. The van der Waals surface area contributed by atoms with Crippen LogP contribution < -0.4 is 5.73 Å². The minimum Gasteiger partial charge on any atom is -0.327 e. The lowest BCUT2D eigenvalue weighted by Gasteiger charge is -2.07. The zero-order valence-electron chi connectivity index (χ0n) is 9.86. The van der Waals surface area contributed by atoms with E-state index in [2.05, 4.69) is 36.3 Å². The molecule has 0 spiro atoms. The average Bonchev–Trinajstić information content (AvgIpc) is 2.62. The van der Waals surface area contributed by atoms with E-state index in [0.29, 0.717) is 0 Å². The van der Waals surface area contributed by atoms with Gasteiger partial charge in [-0.25, -0.2) is 4.98 Å². The number of thiazole rings is 1. The molecule has 0 amide bonds. The van der Waals surface area contributed by atoms with Crippen LogP contribution in [0, 0.1) is 0 Å². The monoisotopic (exact) mass is 227 g/mol. The molecule has 0 saturated carbocycles. The van der Waals surface area contributed by atoms with Crippen molar-refractivity contribution in [3.63, 3.8) is 0 Å². The Kier molecular flexibility index (Phi) is 5.22. The SMILES string of the molecule is CCC(N)Cc1csc(CCN(C)C)n1. The first-order valence-corrected chi connectivity index (χ1v) is 6.33. The van der Waals surface area contributed by atoms with Crippen LogP contribution in [0.25, 0.3) is 0 Å². The topological polar surface area (TPSA) is 42.1 Å². The van der Waals surface area contributed by atoms with Crippen LogP contribution in [0.3, 0.4) is 0 Å². The molecule has 4 heteroatoms. The predicted octanol–water partition coefficient (Wildman–Crippen LogP) is 1.53. The zero-order chi connectivity index (χ0) is 11.3. The molecule has 1 heterocycles. The normalized spacial score (nSPS) is 13.4. The highest BCUT2D eigenvalue weighted by atomic mass is 32.1. The fraction of sp³-hybridized carbons (Fsp3) is 0.727. The molecule has 15 heavy (non-hydrogen) atoms. The molecule has 0 aromatic carbocycles. The molecule has 0 bridgehead atoms. The minimum atomic E-state index is 0.258. The van der Waals surface area contributed by atoms with Crippen molar-refractivity contribution in [2.75, 3.05) is 20.6 Å². The molecule has 0 aliphatic heterocycles. The highest BCUT2D eigenvalue weighted by molar-refractivity contribution is 7.09.